The van der Waals surface area contributed by atoms with Crippen LogP contribution in [0.3, 0.4) is 0 Å². The second-order valence-electron chi connectivity index (χ2n) is 4.34. The molecular formula is C12H18N4O4S. The van der Waals surface area contributed by atoms with Crippen LogP contribution in [0.5, 0.6) is 0 Å². The van der Waals surface area contributed by atoms with Gasteiger partial charge < -0.3 is 11.1 Å². The summed E-state index contributed by atoms with van der Waals surface area (Å²) < 4.78 is 24.4. The summed E-state index contributed by atoms with van der Waals surface area (Å²) in [6.07, 6.45) is 1.04. The maximum atomic E-state index is 11.9. The lowest BCUT2D eigenvalue weighted by molar-refractivity contribution is -0.125. The Balaban J connectivity index is 2.75. The van der Waals surface area contributed by atoms with Gasteiger partial charge in [-0.05, 0) is 24.3 Å². The number of nitrogens with one attached hydrogen (secondary N) is 2. The molecule has 116 valence electrons. The van der Waals surface area contributed by atoms with Crippen molar-refractivity contribution in [1.82, 2.24) is 4.90 Å². The predicted molar refractivity (Wildman–Crippen MR) is 80.4 cm³/mol. The number of nitrogens with zero attached hydrogens (tertiary/aromatic N) is 1. The first-order valence-corrected chi connectivity index (χ1v) is 7.99. The van der Waals surface area contributed by atoms with Crippen LogP contribution in [0.1, 0.15) is 6.92 Å². The van der Waals surface area contributed by atoms with E-state index in [-0.39, 0.29) is 13.1 Å². The standard InChI is InChI=1S/C12H18N4O4S/c1-9(17)16(8-7-13)12(18)14-10-3-5-11(6-4-10)15-21(2,19)20/h3-6,15H,7-8,13H2,1-2H3,(H,14,18). The molecule has 1 aromatic rings. The van der Waals surface area contributed by atoms with Crippen molar-refractivity contribution in [2.45, 2.75) is 6.92 Å². The van der Waals surface area contributed by atoms with Crippen LogP contribution in [0.2, 0.25) is 0 Å². The molecular weight excluding hydrogens is 296 g/mol. The molecule has 0 aliphatic heterocycles. The van der Waals surface area contributed by atoms with Crippen molar-refractivity contribution in [1.29, 1.82) is 0 Å². The summed E-state index contributed by atoms with van der Waals surface area (Å²) in [5.41, 5.74) is 6.15. The van der Waals surface area contributed by atoms with Gasteiger partial charge in [0, 0.05) is 31.4 Å². The Hall–Kier alpha value is -2.13. The highest BCUT2D eigenvalue weighted by molar-refractivity contribution is 7.92. The number of nitrogens with two attached hydrogens (primary N) is 1. The Morgan fingerprint density at radius 3 is 2.14 bits per heavy atom. The van der Waals surface area contributed by atoms with E-state index in [1.54, 1.807) is 0 Å². The highest BCUT2D eigenvalue weighted by Crippen LogP contribution is 2.15. The molecule has 21 heavy (non-hydrogen) atoms. The van der Waals surface area contributed by atoms with Crippen LogP contribution in [-0.4, -0.2) is 44.6 Å². The van der Waals surface area contributed by atoms with Crippen LogP contribution in [-0.2, 0) is 14.8 Å². The Kier molecular flexibility index (Phi) is 5.68. The summed E-state index contributed by atoms with van der Waals surface area (Å²) in [5.74, 6) is -0.409. The quantitative estimate of drug-likeness (QED) is 0.726. The Morgan fingerprint density at radius 2 is 1.71 bits per heavy atom. The lowest BCUT2D eigenvalue weighted by Gasteiger charge is -2.18. The molecule has 1 rings (SSSR count). The largest absolute Gasteiger partial charge is 0.329 e. The number of urea groups is 1. The molecule has 4 N–H and O–H groups in total. The molecule has 0 saturated heterocycles. The molecule has 0 atom stereocenters. The van der Waals surface area contributed by atoms with Crippen molar-refractivity contribution >= 4 is 33.3 Å². The van der Waals surface area contributed by atoms with Gasteiger partial charge >= 0.3 is 6.03 Å². The third-order valence-electron chi connectivity index (χ3n) is 2.42. The molecule has 0 aliphatic rings. The van der Waals surface area contributed by atoms with Gasteiger partial charge in [0.15, 0.2) is 0 Å². The van der Waals surface area contributed by atoms with E-state index >= 15 is 0 Å². The van der Waals surface area contributed by atoms with Gasteiger partial charge in [-0.15, -0.1) is 0 Å². The van der Waals surface area contributed by atoms with Gasteiger partial charge in [0.1, 0.15) is 0 Å². The Labute approximate surface area is 123 Å². The summed E-state index contributed by atoms with van der Waals surface area (Å²) in [4.78, 5) is 24.2. The molecule has 0 unspecified atom stereocenters. The molecule has 3 amide bonds. The number of hydrogen-bond donors (Lipinski definition) is 3. The second-order valence-corrected chi connectivity index (χ2v) is 6.09. The number of hydrogen-bond acceptors (Lipinski definition) is 5. The number of sulfonamides is 1. The molecule has 0 radical (unpaired) electrons. The molecule has 0 saturated carbocycles. The number of anilines is 2. The van der Waals surface area contributed by atoms with E-state index in [0.29, 0.717) is 11.4 Å². The molecule has 0 spiro atoms. The minimum atomic E-state index is -3.35. The summed E-state index contributed by atoms with van der Waals surface area (Å²) in [7, 11) is -3.35. The lowest BCUT2D eigenvalue weighted by Crippen LogP contribution is -2.41. The van der Waals surface area contributed by atoms with E-state index in [4.69, 9.17) is 5.73 Å². The predicted octanol–water partition coefficient (Wildman–Crippen LogP) is 0.397. The molecule has 8 nitrogen and oxygen atoms in total. The van der Waals surface area contributed by atoms with Crippen LogP contribution < -0.4 is 15.8 Å². The summed E-state index contributed by atoms with van der Waals surface area (Å²) in [5, 5.41) is 2.53. The average molecular weight is 314 g/mol. The van der Waals surface area contributed by atoms with Crippen molar-refractivity contribution < 1.29 is 18.0 Å². The first-order chi connectivity index (χ1) is 9.73. The number of carbonyl (C=O) groups is 2. The first-order valence-electron chi connectivity index (χ1n) is 6.10. The van der Waals surface area contributed by atoms with E-state index in [0.717, 1.165) is 11.2 Å². The molecule has 0 aromatic heterocycles. The van der Waals surface area contributed by atoms with Crippen molar-refractivity contribution in [3.63, 3.8) is 0 Å². The Morgan fingerprint density at radius 1 is 1.19 bits per heavy atom. The fourth-order valence-corrected chi connectivity index (χ4v) is 2.12. The van der Waals surface area contributed by atoms with Crippen LogP contribution >= 0.6 is 0 Å². The smallest absolute Gasteiger partial charge is 0.328 e. The van der Waals surface area contributed by atoms with Crippen LogP contribution in [0, 0.1) is 0 Å². The van der Waals surface area contributed by atoms with Crippen LogP contribution in [0.4, 0.5) is 16.2 Å². The minimum absolute atomic E-state index is 0.120. The fraction of sp³-hybridized carbons (Fsp3) is 0.333. The van der Waals surface area contributed by atoms with E-state index in [1.807, 2.05) is 0 Å². The van der Waals surface area contributed by atoms with E-state index in [9.17, 15) is 18.0 Å². The van der Waals surface area contributed by atoms with Gasteiger partial charge in [0.05, 0.1) is 6.26 Å². The fourth-order valence-electron chi connectivity index (χ4n) is 1.56. The van der Waals surface area contributed by atoms with E-state index in [2.05, 4.69) is 10.0 Å². The average Bonchev–Trinajstić information content (AvgIpc) is 2.36. The van der Waals surface area contributed by atoms with Gasteiger partial charge in [-0.3, -0.25) is 14.4 Å². The van der Waals surface area contributed by atoms with Crippen LogP contribution in [0.15, 0.2) is 24.3 Å². The monoisotopic (exact) mass is 314 g/mol. The number of carbonyl (C=O) groups excluding carboxylic acids is 2. The SMILES string of the molecule is CC(=O)N(CCN)C(=O)Nc1ccc(NS(C)(=O)=O)cc1. The number of amides is 3. The molecule has 9 heteroatoms. The second kappa shape index (κ2) is 7.04. The maximum absolute atomic E-state index is 11.9. The summed E-state index contributed by atoms with van der Waals surface area (Å²) in [6.45, 7) is 1.56. The maximum Gasteiger partial charge on any atom is 0.328 e. The van der Waals surface area contributed by atoms with Crippen molar-refractivity contribution in [3.8, 4) is 0 Å². The zero-order valence-electron chi connectivity index (χ0n) is 11.8. The zero-order valence-corrected chi connectivity index (χ0v) is 12.6. The van der Waals surface area contributed by atoms with Gasteiger partial charge in [-0.2, -0.15) is 0 Å². The number of benzene rings is 1. The first kappa shape index (κ1) is 16.9. The van der Waals surface area contributed by atoms with Gasteiger partial charge in [0.2, 0.25) is 15.9 Å². The molecule has 0 fully saturated rings. The zero-order chi connectivity index (χ0) is 16.0. The molecule has 0 heterocycles. The summed E-state index contributed by atoms with van der Waals surface area (Å²) >= 11 is 0. The highest BCUT2D eigenvalue weighted by Gasteiger charge is 2.16. The third-order valence-corrected chi connectivity index (χ3v) is 3.02. The van der Waals surface area contributed by atoms with Crippen LogP contribution in [0.25, 0.3) is 0 Å². The van der Waals surface area contributed by atoms with E-state index in [1.165, 1.54) is 31.2 Å². The number of rotatable bonds is 5. The van der Waals surface area contributed by atoms with E-state index < -0.39 is 22.0 Å². The topological polar surface area (TPSA) is 122 Å². The third kappa shape index (κ3) is 5.79. The van der Waals surface area contributed by atoms with Gasteiger partial charge in [0.25, 0.3) is 0 Å². The summed E-state index contributed by atoms with van der Waals surface area (Å²) in [6, 6.07) is 5.45. The van der Waals surface area contributed by atoms with Crippen molar-refractivity contribution in [3.05, 3.63) is 24.3 Å². The Bertz CT molecular complexity index is 613. The normalized spacial score (nSPS) is 10.8. The number of imide groups is 1. The van der Waals surface area contributed by atoms with Crippen molar-refractivity contribution in [2.24, 2.45) is 5.73 Å². The van der Waals surface area contributed by atoms with Gasteiger partial charge in [-0.25, -0.2) is 13.2 Å². The molecule has 0 bridgehead atoms. The van der Waals surface area contributed by atoms with Gasteiger partial charge in [-0.1, -0.05) is 0 Å². The minimum Gasteiger partial charge on any atom is -0.329 e. The lowest BCUT2D eigenvalue weighted by atomic mass is 10.3. The van der Waals surface area contributed by atoms with Crippen molar-refractivity contribution in [2.75, 3.05) is 29.4 Å². The molecule has 0 aliphatic carbocycles. The molecule has 1 aromatic carbocycles. The highest BCUT2D eigenvalue weighted by atomic mass is 32.2.